The monoisotopic (exact) mass is 466 g/mol. The van der Waals surface area contributed by atoms with E-state index in [2.05, 4.69) is 0 Å². The first-order chi connectivity index (χ1) is 13.2. The summed E-state index contributed by atoms with van der Waals surface area (Å²) >= 11 is 5.82. The Bertz CT molecular complexity index is 923. The minimum atomic E-state index is -4.73. The molecule has 0 heterocycles. The van der Waals surface area contributed by atoms with E-state index in [1.807, 2.05) is 0 Å². The normalized spacial score (nSPS) is 13.4. The van der Waals surface area contributed by atoms with E-state index in [0.717, 1.165) is 12.1 Å². The molecule has 0 amide bonds. The molecule has 0 radical (unpaired) electrons. The van der Waals surface area contributed by atoms with Gasteiger partial charge in [-0.25, -0.2) is 13.2 Å². The van der Waals surface area contributed by atoms with E-state index in [9.17, 15) is 39.3 Å². The fraction of sp³-hybridized carbons (Fsp3) is 0.294. The van der Waals surface area contributed by atoms with E-state index < -0.39 is 64.0 Å². The van der Waals surface area contributed by atoms with Crippen LogP contribution in [-0.2, 0) is 16.7 Å². The lowest BCUT2D eigenvalue weighted by Crippen LogP contribution is -2.24. The molecule has 0 fully saturated rings. The van der Waals surface area contributed by atoms with Gasteiger partial charge in [-0.15, -0.1) is 0 Å². The molecule has 0 aliphatic carbocycles. The van der Waals surface area contributed by atoms with Crippen LogP contribution in [0.5, 0.6) is 5.75 Å². The van der Waals surface area contributed by atoms with Crippen molar-refractivity contribution in [2.75, 3.05) is 12.4 Å². The molecule has 0 spiro atoms. The van der Waals surface area contributed by atoms with Crippen molar-refractivity contribution in [2.45, 2.75) is 23.9 Å². The van der Waals surface area contributed by atoms with E-state index in [1.54, 1.807) is 0 Å². The lowest BCUT2D eigenvalue weighted by molar-refractivity contribution is -0.105. The van der Waals surface area contributed by atoms with Crippen LogP contribution in [0.2, 0.25) is 5.02 Å². The number of hydrogen-bond acceptors (Lipinski definition) is 2. The van der Waals surface area contributed by atoms with Gasteiger partial charge in [-0.1, -0.05) is 11.6 Å². The van der Waals surface area contributed by atoms with Crippen LogP contribution in [0.4, 0.5) is 35.1 Å². The summed E-state index contributed by atoms with van der Waals surface area (Å²) in [6.07, 6.45) is -4.73. The van der Waals surface area contributed by atoms with Crippen molar-refractivity contribution in [3.05, 3.63) is 57.9 Å². The van der Waals surface area contributed by atoms with Gasteiger partial charge in [-0.3, -0.25) is 4.21 Å². The molecule has 12 heteroatoms. The van der Waals surface area contributed by atoms with Crippen LogP contribution >= 0.6 is 11.6 Å². The van der Waals surface area contributed by atoms with Gasteiger partial charge in [0.1, 0.15) is 11.5 Å². The second-order valence-corrected chi connectivity index (χ2v) is 7.73. The van der Waals surface area contributed by atoms with E-state index in [4.69, 9.17) is 16.3 Å². The highest BCUT2D eigenvalue weighted by molar-refractivity contribution is 7.85. The number of benzene rings is 2. The van der Waals surface area contributed by atoms with Crippen molar-refractivity contribution in [1.29, 1.82) is 0 Å². The first kappa shape index (κ1) is 23.4. The molecule has 0 aliphatic rings. The van der Waals surface area contributed by atoms with Crippen LogP contribution in [0.1, 0.15) is 11.1 Å². The largest absolute Gasteiger partial charge is 0.485 e. The van der Waals surface area contributed by atoms with Crippen LogP contribution in [0, 0.1) is 24.4 Å². The Labute approximate surface area is 166 Å². The van der Waals surface area contributed by atoms with Gasteiger partial charge in [-0.2, -0.15) is 22.0 Å². The Balaban J connectivity index is 2.28. The Morgan fingerprint density at radius 1 is 1.00 bits per heavy atom. The Morgan fingerprint density at radius 3 is 2.07 bits per heavy atom. The van der Waals surface area contributed by atoms with Gasteiger partial charge in [0, 0.05) is 10.5 Å². The first-order valence-corrected chi connectivity index (χ1v) is 9.32. The predicted molar refractivity (Wildman–Crippen MR) is 89.2 cm³/mol. The van der Waals surface area contributed by atoms with Crippen LogP contribution in [0.25, 0.3) is 0 Å². The third-order valence-electron chi connectivity index (χ3n) is 3.58. The molecule has 2 aromatic rings. The first-order valence-electron chi connectivity index (χ1n) is 7.62. The summed E-state index contributed by atoms with van der Waals surface area (Å²) in [7, 11) is -2.54. The van der Waals surface area contributed by atoms with Gasteiger partial charge in [0.15, 0.2) is 24.1 Å². The summed E-state index contributed by atoms with van der Waals surface area (Å²) in [4.78, 5) is -0.330. The zero-order valence-corrected chi connectivity index (χ0v) is 15.9. The summed E-state index contributed by atoms with van der Waals surface area (Å²) in [6, 6.07) is 2.07. The molecule has 1 atom stereocenters. The zero-order chi connectivity index (χ0) is 22.1. The minimum Gasteiger partial charge on any atom is -0.485 e. The van der Waals surface area contributed by atoms with Gasteiger partial charge >= 0.3 is 12.1 Å². The molecular weight excluding hydrogens is 456 g/mol. The fourth-order valence-corrected chi connectivity index (χ4v) is 3.62. The van der Waals surface area contributed by atoms with Crippen molar-refractivity contribution < 1.29 is 44.1 Å². The summed E-state index contributed by atoms with van der Waals surface area (Å²) < 4.78 is 122. The molecule has 160 valence electrons. The molecule has 0 N–H and O–H groups in total. The van der Waals surface area contributed by atoms with E-state index in [0.29, 0.717) is 0 Å². The van der Waals surface area contributed by atoms with Crippen molar-refractivity contribution in [3.8, 4) is 5.75 Å². The van der Waals surface area contributed by atoms with Crippen molar-refractivity contribution in [1.82, 2.24) is 0 Å². The maximum Gasteiger partial charge on any atom is 0.400 e. The Morgan fingerprint density at radius 2 is 1.55 bits per heavy atom. The molecule has 2 aromatic carbocycles. The SMILES string of the molecule is Cc1cc(Cl)c(OCC(F)(F)c2cc(F)c(F)c(F)c2)cc1S(=O)CC(F)(F)F. The minimum absolute atomic E-state index is 0.0857. The molecular formula is C17H11ClF8O2S. The average molecular weight is 467 g/mol. The van der Waals surface area contributed by atoms with E-state index in [1.165, 1.54) is 6.92 Å². The van der Waals surface area contributed by atoms with Gasteiger partial charge in [0.2, 0.25) is 0 Å². The lowest BCUT2D eigenvalue weighted by Gasteiger charge is -2.19. The number of alkyl halides is 5. The number of aryl methyl sites for hydroxylation is 1. The fourth-order valence-electron chi connectivity index (χ4n) is 2.23. The maximum atomic E-state index is 14.2. The zero-order valence-electron chi connectivity index (χ0n) is 14.4. The number of halogens is 9. The highest BCUT2D eigenvalue weighted by Crippen LogP contribution is 2.35. The van der Waals surface area contributed by atoms with Crippen molar-refractivity contribution in [3.63, 3.8) is 0 Å². The summed E-state index contributed by atoms with van der Waals surface area (Å²) in [6.45, 7) is -0.205. The highest BCUT2D eigenvalue weighted by atomic mass is 35.5. The van der Waals surface area contributed by atoms with Crippen LogP contribution in [0.3, 0.4) is 0 Å². The lowest BCUT2D eigenvalue weighted by atomic mass is 10.1. The molecule has 0 saturated carbocycles. The topological polar surface area (TPSA) is 26.3 Å². The van der Waals surface area contributed by atoms with E-state index in [-0.39, 0.29) is 27.6 Å². The maximum absolute atomic E-state index is 14.2. The van der Waals surface area contributed by atoms with Gasteiger partial charge in [-0.05, 0) is 36.8 Å². The van der Waals surface area contributed by atoms with Crippen LogP contribution in [0.15, 0.2) is 29.2 Å². The smallest absolute Gasteiger partial charge is 0.400 e. The van der Waals surface area contributed by atoms with Crippen molar-refractivity contribution >= 4 is 22.4 Å². The quantitative estimate of drug-likeness (QED) is 0.391. The standard InChI is InChI=1S/C17H11ClF8O2S/c1-8-2-10(18)13(5-14(8)29(27)7-17(24,25)26)28-6-16(22,23)9-3-11(19)15(21)12(20)4-9/h2-5H,6-7H2,1H3. The number of rotatable bonds is 6. The molecule has 0 aromatic heterocycles. The Hall–Kier alpha value is -1.88. The van der Waals surface area contributed by atoms with Crippen LogP contribution < -0.4 is 4.74 Å². The highest BCUT2D eigenvalue weighted by Gasteiger charge is 2.36. The molecule has 2 rings (SSSR count). The van der Waals surface area contributed by atoms with Gasteiger partial charge in [0.25, 0.3) is 0 Å². The molecule has 29 heavy (non-hydrogen) atoms. The molecule has 2 nitrogen and oxygen atoms in total. The van der Waals surface area contributed by atoms with Gasteiger partial charge < -0.3 is 4.74 Å². The van der Waals surface area contributed by atoms with Crippen molar-refractivity contribution in [2.24, 2.45) is 0 Å². The van der Waals surface area contributed by atoms with Gasteiger partial charge in [0.05, 0.1) is 15.8 Å². The molecule has 1 unspecified atom stereocenters. The summed E-state index contributed by atoms with van der Waals surface area (Å²) in [5.74, 6) is -11.8. The van der Waals surface area contributed by atoms with E-state index >= 15 is 0 Å². The Kier molecular flexibility index (Phi) is 6.83. The second-order valence-electron chi connectivity index (χ2n) is 5.90. The molecule has 0 bridgehead atoms. The third kappa shape index (κ3) is 5.81. The summed E-state index contributed by atoms with van der Waals surface area (Å²) in [5, 5.41) is -0.262. The third-order valence-corrected chi connectivity index (χ3v) is 5.40. The molecule has 0 saturated heterocycles. The number of ether oxygens (including phenoxy) is 1. The second kappa shape index (κ2) is 8.47. The average Bonchev–Trinajstić information content (AvgIpc) is 2.56. The number of hydrogen-bond donors (Lipinski definition) is 0. The summed E-state index contributed by atoms with van der Waals surface area (Å²) in [5.41, 5.74) is -1.11. The van der Waals surface area contributed by atoms with Crippen LogP contribution in [-0.4, -0.2) is 22.7 Å². The predicted octanol–water partition coefficient (Wildman–Crippen LogP) is 5.91. The molecule has 0 aliphatic heterocycles.